The van der Waals surface area contributed by atoms with Crippen molar-refractivity contribution in [2.24, 2.45) is 0 Å². The number of ether oxygens (including phenoxy) is 1. The summed E-state index contributed by atoms with van der Waals surface area (Å²) >= 11 is 0. The van der Waals surface area contributed by atoms with Crippen molar-refractivity contribution in [3.8, 4) is 5.75 Å². The van der Waals surface area contributed by atoms with Gasteiger partial charge in [-0.3, -0.25) is 9.59 Å². The molecule has 0 radical (unpaired) electrons. The molecule has 0 bridgehead atoms. The van der Waals surface area contributed by atoms with E-state index in [1.807, 2.05) is 80.6 Å². The van der Waals surface area contributed by atoms with Gasteiger partial charge in [0.25, 0.3) is 5.91 Å². The predicted octanol–water partition coefficient (Wildman–Crippen LogP) is 3.93. The molecule has 0 aliphatic heterocycles. The maximum Gasteiger partial charge on any atom is 0.251 e. The monoisotopic (exact) mass is 402 g/mol. The van der Waals surface area contributed by atoms with E-state index in [2.05, 4.69) is 10.6 Å². The lowest BCUT2D eigenvalue weighted by Crippen LogP contribution is -2.36. The van der Waals surface area contributed by atoms with Gasteiger partial charge in [-0.2, -0.15) is 0 Å². The van der Waals surface area contributed by atoms with Crippen LogP contribution in [0.15, 0.2) is 72.8 Å². The van der Waals surface area contributed by atoms with Gasteiger partial charge in [0.15, 0.2) is 0 Å². The highest BCUT2D eigenvalue weighted by Crippen LogP contribution is 2.15. The number of nitrogens with one attached hydrogen (secondary N) is 2. The Morgan fingerprint density at radius 3 is 2.33 bits per heavy atom. The maximum absolute atomic E-state index is 12.2. The second kappa shape index (κ2) is 10.3. The van der Waals surface area contributed by atoms with Gasteiger partial charge in [0.2, 0.25) is 5.91 Å². The van der Waals surface area contributed by atoms with E-state index in [1.165, 1.54) is 0 Å². The minimum absolute atomic E-state index is 0.0735. The topological polar surface area (TPSA) is 67.4 Å². The zero-order valence-electron chi connectivity index (χ0n) is 17.3. The van der Waals surface area contributed by atoms with E-state index in [9.17, 15) is 9.59 Å². The Balaban J connectivity index is 1.45. The Kier molecular flexibility index (Phi) is 7.22. The van der Waals surface area contributed by atoms with Crippen LogP contribution in [0.2, 0.25) is 0 Å². The number of hydrogen-bond acceptors (Lipinski definition) is 3. The summed E-state index contributed by atoms with van der Waals surface area (Å²) in [4.78, 5) is 24.3. The molecule has 3 aromatic carbocycles. The SMILES string of the molecule is Cc1ccc(C(=O)NCC(=O)NCc2cccc(OCc3ccccc3)c2)cc1C. The highest BCUT2D eigenvalue weighted by atomic mass is 16.5. The smallest absolute Gasteiger partial charge is 0.251 e. The number of amides is 2. The molecule has 30 heavy (non-hydrogen) atoms. The van der Waals surface area contributed by atoms with E-state index in [4.69, 9.17) is 4.74 Å². The lowest BCUT2D eigenvalue weighted by atomic mass is 10.1. The third kappa shape index (κ3) is 6.21. The van der Waals surface area contributed by atoms with Gasteiger partial charge in [0, 0.05) is 12.1 Å². The predicted molar refractivity (Wildman–Crippen MR) is 117 cm³/mol. The summed E-state index contributed by atoms with van der Waals surface area (Å²) in [5.41, 5.74) is 4.74. The molecule has 0 fully saturated rings. The summed E-state index contributed by atoms with van der Waals surface area (Å²) < 4.78 is 5.82. The van der Waals surface area contributed by atoms with E-state index in [-0.39, 0.29) is 18.4 Å². The lowest BCUT2D eigenvalue weighted by molar-refractivity contribution is -0.120. The lowest BCUT2D eigenvalue weighted by Gasteiger charge is -2.10. The van der Waals surface area contributed by atoms with Crippen LogP contribution < -0.4 is 15.4 Å². The van der Waals surface area contributed by atoms with Crippen LogP contribution in [0, 0.1) is 13.8 Å². The third-order valence-corrected chi connectivity index (χ3v) is 4.82. The first-order chi connectivity index (χ1) is 14.5. The van der Waals surface area contributed by atoms with Gasteiger partial charge in [0.1, 0.15) is 12.4 Å². The van der Waals surface area contributed by atoms with Crippen molar-refractivity contribution < 1.29 is 14.3 Å². The van der Waals surface area contributed by atoms with Gasteiger partial charge in [-0.15, -0.1) is 0 Å². The Morgan fingerprint density at radius 2 is 1.57 bits per heavy atom. The molecule has 0 atom stereocenters. The highest BCUT2D eigenvalue weighted by molar-refractivity contribution is 5.96. The van der Waals surface area contributed by atoms with Crippen molar-refractivity contribution in [2.75, 3.05) is 6.54 Å². The van der Waals surface area contributed by atoms with Gasteiger partial charge in [-0.05, 0) is 60.4 Å². The average Bonchev–Trinajstić information content (AvgIpc) is 2.77. The molecule has 5 nitrogen and oxygen atoms in total. The molecule has 5 heteroatoms. The fourth-order valence-corrected chi connectivity index (χ4v) is 2.89. The zero-order valence-corrected chi connectivity index (χ0v) is 17.3. The van der Waals surface area contributed by atoms with E-state index in [1.54, 1.807) is 6.07 Å². The van der Waals surface area contributed by atoms with E-state index >= 15 is 0 Å². The molecule has 0 saturated carbocycles. The van der Waals surface area contributed by atoms with Crippen LogP contribution in [-0.2, 0) is 17.9 Å². The van der Waals surface area contributed by atoms with Crippen molar-refractivity contribution in [3.05, 3.63) is 101 Å². The summed E-state index contributed by atoms with van der Waals surface area (Å²) in [7, 11) is 0. The van der Waals surface area contributed by atoms with Crippen molar-refractivity contribution in [3.63, 3.8) is 0 Å². The summed E-state index contributed by atoms with van der Waals surface area (Å²) in [6.45, 7) is 4.72. The summed E-state index contributed by atoms with van der Waals surface area (Å²) in [5, 5.41) is 5.47. The van der Waals surface area contributed by atoms with Crippen molar-refractivity contribution in [1.29, 1.82) is 0 Å². The van der Waals surface area contributed by atoms with Crippen molar-refractivity contribution in [1.82, 2.24) is 10.6 Å². The number of rotatable bonds is 8. The molecule has 0 unspecified atom stereocenters. The first-order valence-electron chi connectivity index (χ1n) is 9.89. The molecule has 0 aliphatic carbocycles. The fraction of sp³-hybridized carbons (Fsp3) is 0.200. The van der Waals surface area contributed by atoms with Gasteiger partial charge in [0.05, 0.1) is 6.54 Å². The molecule has 2 amide bonds. The normalized spacial score (nSPS) is 10.3. The molecule has 3 aromatic rings. The molecular weight excluding hydrogens is 376 g/mol. The average molecular weight is 402 g/mol. The molecule has 2 N–H and O–H groups in total. The molecule has 0 saturated heterocycles. The van der Waals surface area contributed by atoms with Crippen LogP contribution in [0.3, 0.4) is 0 Å². The van der Waals surface area contributed by atoms with Crippen LogP contribution >= 0.6 is 0 Å². The van der Waals surface area contributed by atoms with E-state index < -0.39 is 0 Å². The van der Waals surface area contributed by atoms with Crippen LogP contribution in [0.4, 0.5) is 0 Å². The first kappa shape index (κ1) is 21.1. The molecule has 3 rings (SSSR count). The van der Waals surface area contributed by atoms with E-state index in [0.717, 1.165) is 28.0 Å². The van der Waals surface area contributed by atoms with Gasteiger partial charge in [-0.1, -0.05) is 48.5 Å². The van der Waals surface area contributed by atoms with Gasteiger partial charge in [-0.25, -0.2) is 0 Å². The molecule has 0 heterocycles. The molecule has 0 spiro atoms. The van der Waals surface area contributed by atoms with Gasteiger partial charge < -0.3 is 15.4 Å². The first-order valence-corrected chi connectivity index (χ1v) is 9.89. The number of carbonyl (C=O) groups excluding carboxylic acids is 2. The zero-order chi connectivity index (χ0) is 21.3. The van der Waals surface area contributed by atoms with Crippen LogP contribution in [-0.4, -0.2) is 18.4 Å². The molecule has 0 aliphatic rings. The maximum atomic E-state index is 12.2. The standard InChI is InChI=1S/C25H26N2O3/c1-18-11-12-22(13-19(18)2)25(29)27-16-24(28)26-15-21-9-6-10-23(14-21)30-17-20-7-4-3-5-8-20/h3-14H,15-17H2,1-2H3,(H,26,28)(H,27,29). The Labute approximate surface area is 177 Å². The summed E-state index contributed by atoms with van der Waals surface area (Å²) in [5.74, 6) is 0.237. The number of aryl methyl sites for hydroxylation is 2. The number of benzene rings is 3. The minimum Gasteiger partial charge on any atom is -0.489 e. The largest absolute Gasteiger partial charge is 0.489 e. The summed E-state index contributed by atoms with van der Waals surface area (Å²) in [6.07, 6.45) is 0. The quantitative estimate of drug-likeness (QED) is 0.600. The Bertz CT molecular complexity index is 1020. The van der Waals surface area contributed by atoms with Gasteiger partial charge >= 0.3 is 0 Å². The fourth-order valence-electron chi connectivity index (χ4n) is 2.89. The highest BCUT2D eigenvalue weighted by Gasteiger charge is 2.09. The second-order valence-corrected chi connectivity index (χ2v) is 7.18. The Hall–Kier alpha value is -3.60. The van der Waals surface area contributed by atoms with Crippen molar-refractivity contribution >= 4 is 11.8 Å². The number of hydrogen-bond donors (Lipinski definition) is 2. The van der Waals surface area contributed by atoms with Crippen LogP contribution in [0.5, 0.6) is 5.75 Å². The van der Waals surface area contributed by atoms with Crippen LogP contribution in [0.25, 0.3) is 0 Å². The molecule has 154 valence electrons. The van der Waals surface area contributed by atoms with Crippen LogP contribution in [0.1, 0.15) is 32.6 Å². The second-order valence-electron chi connectivity index (χ2n) is 7.18. The van der Waals surface area contributed by atoms with Crippen molar-refractivity contribution in [2.45, 2.75) is 27.0 Å². The molecule has 0 aromatic heterocycles. The van der Waals surface area contributed by atoms with E-state index in [0.29, 0.717) is 18.7 Å². The summed E-state index contributed by atoms with van der Waals surface area (Å²) in [6, 6.07) is 23.0. The molecular formula is C25H26N2O3. The minimum atomic E-state index is -0.260. The Morgan fingerprint density at radius 1 is 0.800 bits per heavy atom. The number of carbonyl (C=O) groups is 2. The third-order valence-electron chi connectivity index (χ3n) is 4.82.